The minimum Gasteiger partial charge on any atom is -0.549 e. The van der Waals surface area contributed by atoms with Crippen molar-refractivity contribution in [1.82, 2.24) is 0 Å². The third-order valence-corrected chi connectivity index (χ3v) is 2.71. The predicted molar refractivity (Wildman–Crippen MR) is 33.9 cm³/mol. The molecule has 0 rings (SSSR count). The Hall–Kier alpha value is -0.580. The van der Waals surface area contributed by atoms with E-state index in [1.165, 1.54) is 6.92 Å². The first-order valence-electron chi connectivity index (χ1n) is 2.79. The van der Waals surface area contributed by atoms with Gasteiger partial charge >= 0.3 is 0 Å². The molecule has 0 aromatic carbocycles. The quantitative estimate of drug-likeness (QED) is 0.513. The smallest absolute Gasteiger partial charge is 0.155 e. The van der Waals surface area contributed by atoms with Crippen LogP contribution in [0.3, 0.4) is 0 Å². The number of rotatable bonds is 3. The second-order valence-corrected chi connectivity index (χ2v) is 4.27. The summed E-state index contributed by atoms with van der Waals surface area (Å²) in [5.74, 6) is -1.52. The zero-order valence-corrected chi connectivity index (χ0v) is 6.64. The molecule has 1 atom stereocenters. The van der Waals surface area contributed by atoms with Crippen molar-refractivity contribution in [2.75, 3.05) is 6.26 Å². The van der Waals surface area contributed by atoms with Gasteiger partial charge in [0.2, 0.25) is 0 Å². The molecule has 0 aliphatic rings. The molecule has 0 radical (unpaired) electrons. The molecule has 0 saturated heterocycles. The van der Waals surface area contributed by atoms with Crippen molar-refractivity contribution in [3.8, 4) is 0 Å². The van der Waals surface area contributed by atoms with Crippen molar-refractivity contribution in [3.05, 3.63) is 0 Å². The number of carboxylic acid groups (broad SMARTS) is 1. The molecule has 0 fully saturated rings. The second kappa shape index (κ2) is 3.01. The van der Waals surface area contributed by atoms with Gasteiger partial charge in [-0.25, -0.2) is 8.42 Å². The standard InChI is InChI=1S/C5H10O4S/c1-3-4(5(6)7)10(2,8)9/h4H,3H2,1-2H3,(H,6,7)/p-1. The molecule has 0 aromatic heterocycles. The maximum Gasteiger partial charge on any atom is 0.155 e. The highest BCUT2D eigenvalue weighted by molar-refractivity contribution is 7.92. The Bertz CT molecular complexity index is 216. The van der Waals surface area contributed by atoms with E-state index in [-0.39, 0.29) is 6.42 Å². The van der Waals surface area contributed by atoms with Gasteiger partial charge in [-0.15, -0.1) is 0 Å². The largest absolute Gasteiger partial charge is 0.549 e. The Morgan fingerprint density at radius 1 is 1.60 bits per heavy atom. The summed E-state index contributed by atoms with van der Waals surface area (Å²) in [5, 5.41) is 8.73. The van der Waals surface area contributed by atoms with Gasteiger partial charge in [-0.2, -0.15) is 0 Å². The first-order chi connectivity index (χ1) is 4.39. The molecule has 0 spiro atoms. The number of hydrogen-bond acceptors (Lipinski definition) is 4. The van der Waals surface area contributed by atoms with Crippen LogP contribution in [0.25, 0.3) is 0 Å². The topological polar surface area (TPSA) is 74.3 Å². The fourth-order valence-electron chi connectivity index (χ4n) is 0.644. The van der Waals surface area contributed by atoms with Gasteiger partial charge in [0.15, 0.2) is 9.84 Å². The van der Waals surface area contributed by atoms with Crippen molar-refractivity contribution in [2.24, 2.45) is 0 Å². The van der Waals surface area contributed by atoms with Crippen molar-refractivity contribution >= 4 is 15.8 Å². The van der Waals surface area contributed by atoms with Gasteiger partial charge in [-0.3, -0.25) is 0 Å². The molecule has 0 aromatic rings. The Balaban J connectivity index is 4.55. The van der Waals surface area contributed by atoms with Crippen LogP contribution in [0.5, 0.6) is 0 Å². The minimum atomic E-state index is -3.48. The van der Waals surface area contributed by atoms with E-state index in [4.69, 9.17) is 0 Å². The van der Waals surface area contributed by atoms with E-state index < -0.39 is 21.1 Å². The molecule has 0 aliphatic carbocycles. The summed E-state index contributed by atoms with van der Waals surface area (Å²) >= 11 is 0. The number of carbonyl (C=O) groups is 1. The highest BCUT2D eigenvalue weighted by atomic mass is 32.2. The van der Waals surface area contributed by atoms with Gasteiger partial charge < -0.3 is 9.90 Å². The van der Waals surface area contributed by atoms with Crippen LogP contribution in [0.4, 0.5) is 0 Å². The van der Waals surface area contributed by atoms with E-state index in [1.54, 1.807) is 0 Å². The van der Waals surface area contributed by atoms with Gasteiger partial charge in [0, 0.05) is 6.26 Å². The molecule has 0 N–H and O–H groups in total. The molecular weight excluding hydrogens is 156 g/mol. The van der Waals surface area contributed by atoms with E-state index in [9.17, 15) is 18.3 Å². The fourth-order valence-corrected chi connectivity index (χ4v) is 1.60. The molecule has 0 bridgehead atoms. The van der Waals surface area contributed by atoms with Gasteiger partial charge in [0.05, 0.1) is 5.97 Å². The molecular formula is C5H9O4S-. The van der Waals surface area contributed by atoms with Crippen molar-refractivity contribution in [2.45, 2.75) is 18.6 Å². The molecule has 1 unspecified atom stereocenters. The Labute approximate surface area is 59.8 Å². The number of hydrogen-bond donors (Lipinski definition) is 0. The summed E-state index contributed by atoms with van der Waals surface area (Å²) in [4.78, 5) is 10.1. The highest BCUT2D eigenvalue weighted by Gasteiger charge is 2.18. The lowest BCUT2D eigenvalue weighted by Gasteiger charge is -2.12. The number of aliphatic carboxylic acids is 1. The normalized spacial score (nSPS) is 14.6. The van der Waals surface area contributed by atoms with Gasteiger partial charge in [0.25, 0.3) is 0 Å². The average molecular weight is 165 g/mol. The van der Waals surface area contributed by atoms with Crippen LogP contribution in [0, 0.1) is 0 Å². The van der Waals surface area contributed by atoms with Gasteiger partial charge in [-0.1, -0.05) is 6.92 Å². The third kappa shape index (κ3) is 2.34. The molecule has 0 saturated carbocycles. The first kappa shape index (κ1) is 9.42. The molecule has 4 nitrogen and oxygen atoms in total. The number of carboxylic acids is 1. The van der Waals surface area contributed by atoms with Crippen molar-refractivity contribution in [1.29, 1.82) is 0 Å². The summed E-state index contributed by atoms with van der Waals surface area (Å²) in [6, 6.07) is 0. The number of sulfone groups is 1. The fraction of sp³-hybridized carbons (Fsp3) is 0.800. The monoisotopic (exact) mass is 165 g/mol. The van der Waals surface area contributed by atoms with E-state index >= 15 is 0 Å². The zero-order chi connectivity index (χ0) is 8.36. The maximum atomic E-state index is 10.6. The Kier molecular flexibility index (Phi) is 2.83. The zero-order valence-electron chi connectivity index (χ0n) is 5.83. The summed E-state index contributed by atoms with van der Waals surface area (Å²) in [6.45, 7) is 1.49. The van der Waals surface area contributed by atoms with E-state index in [2.05, 4.69) is 0 Å². The molecule has 60 valence electrons. The van der Waals surface area contributed by atoms with Crippen LogP contribution in [0.15, 0.2) is 0 Å². The van der Waals surface area contributed by atoms with Crippen LogP contribution < -0.4 is 5.11 Å². The van der Waals surface area contributed by atoms with Crippen molar-refractivity contribution < 1.29 is 18.3 Å². The van der Waals surface area contributed by atoms with E-state index in [0.29, 0.717) is 0 Å². The summed E-state index contributed by atoms with van der Waals surface area (Å²) in [5.41, 5.74) is 0. The third-order valence-electron chi connectivity index (χ3n) is 1.15. The SMILES string of the molecule is CCC(C(=O)[O-])S(C)(=O)=O. The van der Waals surface area contributed by atoms with E-state index in [1.807, 2.05) is 0 Å². The summed E-state index contributed by atoms with van der Waals surface area (Å²) in [7, 11) is -3.48. The lowest BCUT2D eigenvalue weighted by atomic mass is 10.3. The van der Waals surface area contributed by atoms with E-state index in [0.717, 1.165) is 6.26 Å². The molecule has 10 heavy (non-hydrogen) atoms. The summed E-state index contributed by atoms with van der Waals surface area (Å²) < 4.78 is 21.2. The average Bonchev–Trinajstić information content (AvgIpc) is 1.60. The molecule has 5 heteroatoms. The Morgan fingerprint density at radius 3 is 2.00 bits per heavy atom. The predicted octanol–water partition coefficient (Wildman–Crippen LogP) is -1.44. The maximum absolute atomic E-state index is 10.6. The molecule has 0 amide bonds. The van der Waals surface area contributed by atoms with Gasteiger partial charge in [-0.05, 0) is 6.42 Å². The number of carbonyl (C=O) groups excluding carboxylic acids is 1. The first-order valence-corrected chi connectivity index (χ1v) is 4.74. The highest BCUT2D eigenvalue weighted by Crippen LogP contribution is 2.01. The van der Waals surface area contributed by atoms with Crippen LogP contribution in [0.2, 0.25) is 0 Å². The lowest BCUT2D eigenvalue weighted by Crippen LogP contribution is -2.40. The molecule has 0 heterocycles. The lowest BCUT2D eigenvalue weighted by molar-refractivity contribution is -0.305. The van der Waals surface area contributed by atoms with Crippen LogP contribution in [-0.2, 0) is 14.6 Å². The molecule has 0 aliphatic heterocycles. The summed E-state index contributed by atoms with van der Waals surface area (Å²) in [6.07, 6.45) is 0.943. The second-order valence-electron chi connectivity index (χ2n) is 2.05. The Morgan fingerprint density at radius 2 is 2.00 bits per heavy atom. The van der Waals surface area contributed by atoms with Crippen LogP contribution in [0.1, 0.15) is 13.3 Å². The van der Waals surface area contributed by atoms with Gasteiger partial charge in [0.1, 0.15) is 5.25 Å². The van der Waals surface area contributed by atoms with Crippen LogP contribution in [-0.4, -0.2) is 25.9 Å². The van der Waals surface area contributed by atoms with Crippen LogP contribution >= 0.6 is 0 Å². The minimum absolute atomic E-state index is 0.0567. The van der Waals surface area contributed by atoms with Crippen molar-refractivity contribution in [3.63, 3.8) is 0 Å².